The lowest BCUT2D eigenvalue weighted by Gasteiger charge is -2.29. The lowest BCUT2D eigenvalue weighted by Crippen LogP contribution is -2.52. The molecule has 1 aliphatic heterocycles. The largest absolute Gasteiger partial charge is 0.434 e. The van der Waals surface area contributed by atoms with Gasteiger partial charge in [0.25, 0.3) is 5.89 Å². The van der Waals surface area contributed by atoms with E-state index in [-0.39, 0.29) is 49.0 Å². The van der Waals surface area contributed by atoms with Crippen molar-refractivity contribution in [2.75, 3.05) is 19.7 Å². The number of ether oxygens (including phenoxy) is 2. The zero-order chi connectivity index (χ0) is 38.6. The molecule has 55 heavy (non-hydrogen) atoms. The highest BCUT2D eigenvalue weighted by molar-refractivity contribution is 6.00. The molecule has 3 aromatic carbocycles. The van der Waals surface area contributed by atoms with E-state index in [1.807, 2.05) is 36.4 Å². The molecule has 0 radical (unpaired) electrons. The molecule has 2 heterocycles. The number of rotatable bonds is 18. The van der Waals surface area contributed by atoms with Gasteiger partial charge in [-0.25, -0.2) is 14.2 Å². The number of nitrogens with one attached hydrogen (secondary N) is 1. The standard InChI is InChI=1S/C43H51FN4O7/c44-32-19-21-33(22-20-32)54-43(52)47-36(23-18-29-11-3-1-4-12-29)42(51)48-27-34(53-28-30-13-5-2-6-14-30)26-37(48)38(49)25-31(15-9-10-24-45)40(50)41-46-35-16-7-8-17-39(35)55-41/h1,3-4,7-8,11-12,16-17,19-22,30-31,34,36-37H,2,5-6,9-10,13-15,18,23-28,45H2,(H,47,52)/t31-,34-,36-,37+/m1/s1. The van der Waals surface area contributed by atoms with Crippen molar-refractivity contribution in [3.05, 3.63) is 96.1 Å². The molecular weight excluding hydrogens is 703 g/mol. The van der Waals surface area contributed by atoms with Gasteiger partial charge in [0, 0.05) is 31.9 Å². The third-order valence-electron chi connectivity index (χ3n) is 10.7. The number of hydrogen-bond donors (Lipinski definition) is 2. The van der Waals surface area contributed by atoms with Crippen LogP contribution in [0.1, 0.15) is 86.9 Å². The molecule has 1 aromatic heterocycles. The number of halogens is 1. The van der Waals surface area contributed by atoms with Crippen LogP contribution in [0.2, 0.25) is 0 Å². The third kappa shape index (κ3) is 11.1. The van der Waals surface area contributed by atoms with Crippen molar-refractivity contribution in [2.45, 2.75) is 95.2 Å². The van der Waals surface area contributed by atoms with E-state index in [4.69, 9.17) is 19.6 Å². The maximum absolute atomic E-state index is 14.6. The van der Waals surface area contributed by atoms with Crippen molar-refractivity contribution in [1.29, 1.82) is 0 Å². The number of amides is 2. The molecule has 292 valence electrons. The number of nitrogens with zero attached hydrogens (tertiary/aromatic N) is 2. The topological polar surface area (TPSA) is 154 Å². The number of Topliss-reactive ketones (excluding diaryl/α,β-unsaturated/α-hetero) is 2. The number of unbranched alkanes of at least 4 members (excludes halogenated alkanes) is 1. The van der Waals surface area contributed by atoms with E-state index in [9.17, 15) is 23.6 Å². The number of nitrogens with two attached hydrogens (primary N) is 1. The van der Waals surface area contributed by atoms with Crippen molar-refractivity contribution < 1.29 is 37.5 Å². The fraction of sp³-hybridized carbons (Fsp3) is 0.465. The number of hydrogen-bond acceptors (Lipinski definition) is 9. The molecule has 1 saturated heterocycles. The van der Waals surface area contributed by atoms with Crippen LogP contribution in [0.25, 0.3) is 11.1 Å². The fourth-order valence-corrected chi connectivity index (χ4v) is 7.68. The molecular formula is C43H51FN4O7. The normalized spacial score (nSPS) is 18.5. The van der Waals surface area contributed by atoms with Gasteiger partial charge in [0.1, 0.15) is 23.1 Å². The number of ketones is 2. The van der Waals surface area contributed by atoms with Gasteiger partial charge >= 0.3 is 6.09 Å². The van der Waals surface area contributed by atoms with E-state index in [1.165, 1.54) is 35.6 Å². The van der Waals surface area contributed by atoms with E-state index in [1.54, 1.807) is 18.2 Å². The van der Waals surface area contributed by atoms with Crippen LogP contribution >= 0.6 is 0 Å². The van der Waals surface area contributed by atoms with Crippen LogP contribution in [0, 0.1) is 17.7 Å². The lowest BCUT2D eigenvalue weighted by molar-refractivity contribution is -0.139. The molecule has 4 atom stereocenters. The van der Waals surface area contributed by atoms with E-state index in [0.29, 0.717) is 55.9 Å². The minimum absolute atomic E-state index is 0.0513. The van der Waals surface area contributed by atoms with Gasteiger partial charge in [0.05, 0.1) is 12.1 Å². The van der Waals surface area contributed by atoms with E-state index >= 15 is 0 Å². The van der Waals surface area contributed by atoms with E-state index in [0.717, 1.165) is 31.2 Å². The Kier molecular flexibility index (Phi) is 14.2. The summed E-state index contributed by atoms with van der Waals surface area (Å²) in [6.45, 7) is 1.16. The number of fused-ring (bicyclic) bond motifs is 1. The first-order chi connectivity index (χ1) is 26.8. The quantitative estimate of drug-likeness (QED) is 0.0792. The van der Waals surface area contributed by atoms with Gasteiger partial charge in [-0.3, -0.25) is 14.4 Å². The maximum atomic E-state index is 14.6. The Morgan fingerprint density at radius 1 is 0.927 bits per heavy atom. The molecule has 0 bridgehead atoms. The molecule has 2 amide bonds. The van der Waals surface area contributed by atoms with Crippen LogP contribution in [-0.2, 0) is 20.7 Å². The Morgan fingerprint density at radius 3 is 2.42 bits per heavy atom. The summed E-state index contributed by atoms with van der Waals surface area (Å²) in [6.07, 6.45) is 6.97. The molecule has 4 aromatic rings. The van der Waals surface area contributed by atoms with Gasteiger partial charge in [0.2, 0.25) is 11.7 Å². The molecule has 11 nitrogen and oxygen atoms in total. The highest BCUT2D eigenvalue weighted by Gasteiger charge is 2.43. The van der Waals surface area contributed by atoms with Crippen LogP contribution in [0.15, 0.2) is 83.3 Å². The number of benzene rings is 3. The van der Waals surface area contributed by atoms with E-state index < -0.39 is 41.9 Å². The SMILES string of the molecule is NCCCC[C@H](CC(=O)[C@@H]1C[C@@H](OCC2CCCCC2)CN1C(=O)[C@@H](CCc1ccccc1)NC(=O)Oc1ccc(F)cc1)C(=O)c1nc2ccccc2o1. The number of aryl methyl sites for hydroxylation is 1. The average molecular weight is 755 g/mol. The lowest BCUT2D eigenvalue weighted by atomic mass is 9.89. The monoisotopic (exact) mass is 754 g/mol. The van der Waals surface area contributed by atoms with Gasteiger partial charge in [0.15, 0.2) is 11.4 Å². The van der Waals surface area contributed by atoms with Crippen molar-refractivity contribution in [3.63, 3.8) is 0 Å². The molecule has 1 aliphatic carbocycles. The summed E-state index contributed by atoms with van der Waals surface area (Å²) >= 11 is 0. The molecule has 1 saturated carbocycles. The predicted molar refractivity (Wildman–Crippen MR) is 205 cm³/mol. The zero-order valence-electron chi connectivity index (χ0n) is 31.2. The van der Waals surface area contributed by atoms with Crippen LogP contribution in [0.4, 0.5) is 9.18 Å². The van der Waals surface area contributed by atoms with Crippen molar-refractivity contribution in [3.8, 4) is 5.75 Å². The maximum Gasteiger partial charge on any atom is 0.413 e. The van der Waals surface area contributed by atoms with Crippen molar-refractivity contribution in [1.82, 2.24) is 15.2 Å². The number of carbonyl (C=O) groups excluding carboxylic acids is 4. The van der Waals surface area contributed by atoms with Crippen molar-refractivity contribution in [2.24, 2.45) is 17.6 Å². The molecule has 6 rings (SSSR count). The summed E-state index contributed by atoms with van der Waals surface area (Å²) in [5.74, 6) is -1.81. The second-order valence-corrected chi connectivity index (χ2v) is 14.8. The molecule has 0 unspecified atom stereocenters. The summed E-state index contributed by atoms with van der Waals surface area (Å²) in [6, 6.07) is 19.7. The van der Waals surface area contributed by atoms with Gasteiger partial charge in [-0.1, -0.05) is 68.1 Å². The minimum atomic E-state index is -1.05. The van der Waals surface area contributed by atoms with Crippen LogP contribution in [-0.4, -0.2) is 71.3 Å². The zero-order valence-corrected chi connectivity index (χ0v) is 31.2. The minimum Gasteiger partial charge on any atom is -0.434 e. The molecule has 2 fully saturated rings. The molecule has 2 aliphatic rings. The summed E-state index contributed by atoms with van der Waals surface area (Å²) in [7, 11) is 0. The Labute approximate surface area is 321 Å². The number of aromatic nitrogens is 1. The Balaban J connectivity index is 1.23. The van der Waals surface area contributed by atoms with Gasteiger partial charge in [-0.05, 0) is 92.9 Å². The number of likely N-dealkylation sites (tertiary alicyclic amines) is 1. The Morgan fingerprint density at radius 2 is 1.67 bits per heavy atom. The summed E-state index contributed by atoms with van der Waals surface area (Å²) in [5.41, 5.74) is 7.78. The first-order valence-corrected chi connectivity index (χ1v) is 19.6. The smallest absolute Gasteiger partial charge is 0.413 e. The predicted octanol–water partition coefficient (Wildman–Crippen LogP) is 7.21. The molecule has 12 heteroatoms. The van der Waals surface area contributed by atoms with Crippen LogP contribution in [0.3, 0.4) is 0 Å². The van der Waals surface area contributed by atoms with E-state index in [2.05, 4.69) is 10.3 Å². The average Bonchev–Trinajstić information content (AvgIpc) is 3.85. The Bertz CT molecular complexity index is 1850. The summed E-state index contributed by atoms with van der Waals surface area (Å²) in [4.78, 5) is 62.1. The van der Waals surface area contributed by atoms with Gasteiger partial charge in [-0.15, -0.1) is 0 Å². The van der Waals surface area contributed by atoms with Crippen molar-refractivity contribution >= 4 is 34.7 Å². The second-order valence-electron chi connectivity index (χ2n) is 14.8. The number of para-hydroxylation sites is 2. The second kappa shape index (κ2) is 19.6. The molecule has 0 spiro atoms. The first-order valence-electron chi connectivity index (χ1n) is 19.6. The summed E-state index contributed by atoms with van der Waals surface area (Å²) in [5, 5.41) is 2.73. The number of carbonyl (C=O) groups is 4. The van der Waals surface area contributed by atoms with Gasteiger partial charge < -0.3 is 29.8 Å². The van der Waals surface area contributed by atoms with Crippen LogP contribution in [0.5, 0.6) is 5.75 Å². The third-order valence-corrected chi connectivity index (χ3v) is 10.7. The highest BCUT2D eigenvalue weighted by atomic mass is 19.1. The Hall–Kier alpha value is -4.94. The summed E-state index contributed by atoms with van der Waals surface area (Å²) < 4.78 is 31.2. The van der Waals surface area contributed by atoms with Crippen LogP contribution < -0.4 is 15.8 Å². The number of oxazole rings is 1. The first kappa shape index (κ1) is 39.7. The molecule has 3 N–H and O–H groups in total. The fourth-order valence-electron chi connectivity index (χ4n) is 7.68. The highest BCUT2D eigenvalue weighted by Crippen LogP contribution is 2.30. The van der Waals surface area contributed by atoms with Gasteiger partial charge in [-0.2, -0.15) is 0 Å².